The van der Waals surface area contributed by atoms with Gasteiger partial charge >= 0.3 is 0 Å². The first-order chi connectivity index (χ1) is 11.7. The second-order valence-corrected chi connectivity index (χ2v) is 6.76. The van der Waals surface area contributed by atoms with Gasteiger partial charge in [0, 0.05) is 6.20 Å². The fourth-order valence-corrected chi connectivity index (χ4v) is 3.36. The van der Waals surface area contributed by atoms with Crippen molar-refractivity contribution in [3.05, 3.63) is 59.9 Å². The number of aliphatic imine (C=N–C) groups is 1. The zero-order valence-electron chi connectivity index (χ0n) is 13.7. The molecule has 0 aliphatic carbocycles. The van der Waals surface area contributed by atoms with Crippen LogP contribution in [0.25, 0.3) is 0 Å². The van der Waals surface area contributed by atoms with Crippen LogP contribution in [0.3, 0.4) is 0 Å². The largest absolute Gasteiger partial charge is 0.497 e. The average molecular weight is 341 g/mol. The standard InChI is InChI=1S/C18H19N3O2S/c1-13-17(22)21(12-15-5-3-4-10-19-15)18(24-13)20-11-14-6-8-16(23-2)9-7-14/h3-10,13H,11-12H2,1-2H3. The van der Waals surface area contributed by atoms with Gasteiger partial charge < -0.3 is 4.74 Å². The smallest absolute Gasteiger partial charge is 0.242 e. The van der Waals surface area contributed by atoms with Crippen LogP contribution >= 0.6 is 11.8 Å². The number of thioether (sulfide) groups is 1. The Labute approximate surface area is 145 Å². The molecule has 5 nitrogen and oxygen atoms in total. The molecule has 2 heterocycles. The number of amides is 1. The predicted octanol–water partition coefficient (Wildman–Crippen LogP) is 3.11. The Morgan fingerprint density at radius 2 is 2.04 bits per heavy atom. The Bertz CT molecular complexity index is 732. The zero-order valence-corrected chi connectivity index (χ0v) is 14.5. The van der Waals surface area contributed by atoms with Gasteiger partial charge in [-0.15, -0.1) is 0 Å². The number of aromatic nitrogens is 1. The summed E-state index contributed by atoms with van der Waals surface area (Å²) in [7, 11) is 1.65. The van der Waals surface area contributed by atoms with Crippen LogP contribution in [0.15, 0.2) is 53.7 Å². The number of nitrogens with zero attached hydrogens (tertiary/aromatic N) is 3. The van der Waals surface area contributed by atoms with Gasteiger partial charge in [0.15, 0.2) is 5.17 Å². The first-order valence-corrected chi connectivity index (χ1v) is 8.60. The molecule has 0 spiro atoms. The van der Waals surface area contributed by atoms with E-state index in [9.17, 15) is 4.79 Å². The Morgan fingerprint density at radius 3 is 2.71 bits per heavy atom. The monoisotopic (exact) mass is 341 g/mol. The van der Waals surface area contributed by atoms with Gasteiger partial charge in [0.1, 0.15) is 5.75 Å². The molecule has 24 heavy (non-hydrogen) atoms. The van der Waals surface area contributed by atoms with Crippen molar-refractivity contribution in [2.24, 2.45) is 4.99 Å². The van der Waals surface area contributed by atoms with Gasteiger partial charge in [-0.05, 0) is 36.8 Å². The van der Waals surface area contributed by atoms with E-state index in [4.69, 9.17) is 4.74 Å². The molecule has 1 saturated heterocycles. The molecule has 0 N–H and O–H groups in total. The van der Waals surface area contributed by atoms with E-state index in [2.05, 4.69) is 9.98 Å². The molecule has 124 valence electrons. The summed E-state index contributed by atoms with van der Waals surface area (Å²) >= 11 is 1.50. The fourth-order valence-electron chi connectivity index (χ4n) is 2.40. The molecular weight excluding hydrogens is 322 g/mol. The van der Waals surface area contributed by atoms with Gasteiger partial charge in [-0.25, -0.2) is 0 Å². The van der Waals surface area contributed by atoms with E-state index < -0.39 is 0 Å². The highest BCUT2D eigenvalue weighted by Crippen LogP contribution is 2.28. The Morgan fingerprint density at radius 1 is 1.25 bits per heavy atom. The second-order valence-electron chi connectivity index (χ2n) is 5.45. The number of rotatable bonds is 5. The van der Waals surface area contributed by atoms with E-state index in [1.54, 1.807) is 18.2 Å². The molecule has 1 unspecified atom stereocenters. The number of carbonyl (C=O) groups is 1. The SMILES string of the molecule is COc1ccc(CN=C2SC(C)C(=O)N2Cc2ccccn2)cc1. The molecular formula is C18H19N3O2S. The van der Waals surface area contributed by atoms with Gasteiger partial charge in [-0.3, -0.25) is 19.7 Å². The summed E-state index contributed by atoms with van der Waals surface area (Å²) in [4.78, 5) is 23.1. The highest BCUT2D eigenvalue weighted by atomic mass is 32.2. The highest BCUT2D eigenvalue weighted by molar-refractivity contribution is 8.15. The summed E-state index contributed by atoms with van der Waals surface area (Å²) in [6.45, 7) is 2.90. The Hall–Kier alpha value is -2.34. The van der Waals surface area contributed by atoms with Crippen molar-refractivity contribution in [3.63, 3.8) is 0 Å². The first kappa shape index (κ1) is 16.5. The van der Waals surface area contributed by atoms with E-state index >= 15 is 0 Å². The van der Waals surface area contributed by atoms with Gasteiger partial charge in [-0.2, -0.15) is 0 Å². The van der Waals surface area contributed by atoms with E-state index in [1.165, 1.54) is 11.8 Å². The van der Waals surface area contributed by atoms with E-state index in [1.807, 2.05) is 49.4 Å². The van der Waals surface area contributed by atoms with E-state index in [0.717, 1.165) is 22.2 Å². The summed E-state index contributed by atoms with van der Waals surface area (Å²) in [5.41, 5.74) is 1.94. The minimum atomic E-state index is -0.108. The van der Waals surface area contributed by atoms with Crippen LogP contribution < -0.4 is 4.74 Å². The van der Waals surface area contributed by atoms with Crippen molar-refractivity contribution in [3.8, 4) is 5.75 Å². The number of carbonyl (C=O) groups excluding carboxylic acids is 1. The van der Waals surface area contributed by atoms with Gasteiger partial charge in [0.25, 0.3) is 0 Å². The summed E-state index contributed by atoms with van der Waals surface area (Å²) < 4.78 is 5.16. The predicted molar refractivity (Wildman–Crippen MR) is 96.0 cm³/mol. The molecule has 3 rings (SSSR count). The number of pyridine rings is 1. The lowest BCUT2D eigenvalue weighted by Crippen LogP contribution is -2.31. The second kappa shape index (κ2) is 7.49. The summed E-state index contributed by atoms with van der Waals surface area (Å²) in [5.74, 6) is 0.904. The lowest BCUT2D eigenvalue weighted by molar-refractivity contribution is -0.126. The van der Waals surface area contributed by atoms with Crippen LogP contribution in [0.1, 0.15) is 18.2 Å². The quantitative estimate of drug-likeness (QED) is 0.838. The summed E-state index contributed by atoms with van der Waals surface area (Å²) in [5, 5.41) is 0.650. The minimum Gasteiger partial charge on any atom is -0.497 e. The number of hydrogen-bond donors (Lipinski definition) is 0. The van der Waals surface area contributed by atoms with Crippen molar-refractivity contribution in [2.75, 3.05) is 7.11 Å². The van der Waals surface area contributed by atoms with Crippen LogP contribution in [0.4, 0.5) is 0 Å². The molecule has 1 fully saturated rings. The van der Waals surface area contributed by atoms with Gasteiger partial charge in [-0.1, -0.05) is 30.0 Å². The molecule has 1 aliphatic rings. The van der Waals surface area contributed by atoms with E-state index in [0.29, 0.717) is 13.1 Å². The number of benzene rings is 1. The van der Waals surface area contributed by atoms with Crippen LogP contribution in [0.2, 0.25) is 0 Å². The van der Waals surface area contributed by atoms with Crippen LogP contribution in [-0.2, 0) is 17.9 Å². The number of amidine groups is 1. The number of hydrogen-bond acceptors (Lipinski definition) is 5. The van der Waals surface area contributed by atoms with Crippen LogP contribution in [-0.4, -0.2) is 33.3 Å². The molecule has 1 amide bonds. The third kappa shape index (κ3) is 3.76. The van der Waals surface area contributed by atoms with Crippen LogP contribution in [0.5, 0.6) is 5.75 Å². The Balaban J connectivity index is 1.74. The Kier molecular flexibility index (Phi) is 5.15. The lowest BCUT2D eigenvalue weighted by Gasteiger charge is -2.15. The molecule has 2 aromatic rings. The molecule has 0 bridgehead atoms. The normalized spacial score (nSPS) is 19.1. The minimum absolute atomic E-state index is 0.0825. The maximum absolute atomic E-state index is 12.4. The third-order valence-electron chi connectivity index (χ3n) is 3.73. The molecule has 1 aromatic carbocycles. The first-order valence-electron chi connectivity index (χ1n) is 7.72. The molecule has 0 radical (unpaired) electrons. The van der Waals surface area contributed by atoms with Gasteiger partial charge in [0.05, 0.1) is 31.1 Å². The average Bonchev–Trinajstić information content (AvgIpc) is 2.89. The summed E-state index contributed by atoms with van der Waals surface area (Å²) in [6.07, 6.45) is 1.74. The highest BCUT2D eigenvalue weighted by Gasteiger charge is 2.34. The zero-order chi connectivity index (χ0) is 16.9. The van der Waals surface area contributed by atoms with Crippen molar-refractivity contribution < 1.29 is 9.53 Å². The number of methoxy groups -OCH3 is 1. The van der Waals surface area contributed by atoms with Crippen LogP contribution in [0, 0.1) is 0 Å². The third-order valence-corrected chi connectivity index (χ3v) is 4.84. The lowest BCUT2D eigenvalue weighted by atomic mass is 10.2. The number of ether oxygens (including phenoxy) is 1. The molecule has 6 heteroatoms. The maximum atomic E-state index is 12.4. The molecule has 1 aliphatic heterocycles. The fraction of sp³-hybridized carbons (Fsp3) is 0.278. The summed E-state index contributed by atoms with van der Waals surface area (Å²) in [6, 6.07) is 13.5. The van der Waals surface area contributed by atoms with Gasteiger partial charge in [0.2, 0.25) is 5.91 Å². The van der Waals surface area contributed by atoms with Crippen molar-refractivity contribution in [2.45, 2.75) is 25.3 Å². The molecule has 1 aromatic heterocycles. The van der Waals surface area contributed by atoms with E-state index in [-0.39, 0.29) is 11.2 Å². The van der Waals surface area contributed by atoms with Crippen molar-refractivity contribution >= 4 is 22.8 Å². The molecule has 0 saturated carbocycles. The topological polar surface area (TPSA) is 54.8 Å². The molecule has 1 atom stereocenters. The maximum Gasteiger partial charge on any atom is 0.242 e. The van der Waals surface area contributed by atoms with Crippen molar-refractivity contribution in [1.29, 1.82) is 0 Å². The van der Waals surface area contributed by atoms with Crippen molar-refractivity contribution in [1.82, 2.24) is 9.88 Å².